The fourth-order valence-corrected chi connectivity index (χ4v) is 3.81. The summed E-state index contributed by atoms with van der Waals surface area (Å²) in [7, 11) is 0. The summed E-state index contributed by atoms with van der Waals surface area (Å²) in [5.41, 5.74) is -0.190. The predicted molar refractivity (Wildman–Crippen MR) is 97.7 cm³/mol. The lowest BCUT2D eigenvalue weighted by Gasteiger charge is -2.05. The Kier molecular flexibility index (Phi) is 5.40. The van der Waals surface area contributed by atoms with Crippen LogP contribution in [0.2, 0.25) is 0 Å². The first-order chi connectivity index (χ1) is 12.1. The third kappa shape index (κ3) is 3.69. The molecule has 0 fully saturated rings. The van der Waals surface area contributed by atoms with Crippen LogP contribution >= 0.6 is 22.7 Å². The molecule has 0 amide bonds. The maximum atomic E-state index is 12.7. The molecule has 8 heteroatoms. The number of thiophene rings is 2. The molecule has 0 aliphatic carbocycles. The number of ketones is 1. The quantitative estimate of drug-likeness (QED) is 0.359. The minimum absolute atomic E-state index is 0.109. The Labute approximate surface area is 151 Å². The lowest BCUT2D eigenvalue weighted by Crippen LogP contribution is -2.25. The normalized spacial score (nSPS) is 10.9. The molecule has 130 valence electrons. The smallest absolute Gasteiger partial charge is 0.339 e. The Hall–Kier alpha value is -2.32. The van der Waals surface area contributed by atoms with Gasteiger partial charge in [0.1, 0.15) is 4.83 Å². The van der Waals surface area contributed by atoms with E-state index in [0.29, 0.717) is 16.3 Å². The second kappa shape index (κ2) is 7.71. The van der Waals surface area contributed by atoms with Gasteiger partial charge in [-0.3, -0.25) is 14.2 Å². The monoisotopic (exact) mass is 376 g/mol. The summed E-state index contributed by atoms with van der Waals surface area (Å²) in [6.07, 6.45) is 3.03. The van der Waals surface area contributed by atoms with Crippen molar-refractivity contribution in [1.82, 2.24) is 9.55 Å². The molecular formula is C17H16N2O4S2. The molecule has 0 aliphatic heterocycles. The highest BCUT2D eigenvalue weighted by Gasteiger charge is 2.19. The number of carbonyl (C=O) groups excluding carboxylic acids is 2. The molecule has 0 bridgehead atoms. The molecular weight excluding hydrogens is 360 g/mol. The second-order valence-corrected chi connectivity index (χ2v) is 7.20. The van der Waals surface area contributed by atoms with Crippen LogP contribution in [0.25, 0.3) is 10.2 Å². The number of fused-ring (bicyclic) bond motifs is 1. The van der Waals surface area contributed by atoms with Gasteiger partial charge in [0.25, 0.3) is 5.56 Å². The zero-order chi connectivity index (χ0) is 17.8. The van der Waals surface area contributed by atoms with Gasteiger partial charge in [0.05, 0.1) is 35.3 Å². The van der Waals surface area contributed by atoms with Crippen LogP contribution in [0, 0.1) is 0 Å². The number of Topliss-reactive ketones (excluding diaryl/α,β-unsaturated/α-hetero) is 1. The molecule has 3 heterocycles. The highest BCUT2D eigenvalue weighted by Crippen LogP contribution is 2.22. The van der Waals surface area contributed by atoms with Crippen LogP contribution < -0.4 is 5.56 Å². The predicted octanol–water partition coefficient (Wildman–Crippen LogP) is 3.36. The number of esters is 1. The maximum absolute atomic E-state index is 12.7. The molecule has 3 aromatic rings. The number of hydrogen-bond acceptors (Lipinski definition) is 7. The summed E-state index contributed by atoms with van der Waals surface area (Å²) in [5, 5.41) is 3.60. The molecule has 0 N–H and O–H groups in total. The van der Waals surface area contributed by atoms with E-state index < -0.39 is 11.5 Å². The Morgan fingerprint density at radius 1 is 1.32 bits per heavy atom. The molecule has 25 heavy (non-hydrogen) atoms. The van der Waals surface area contributed by atoms with Crippen LogP contribution in [0.15, 0.2) is 34.0 Å². The van der Waals surface area contributed by atoms with E-state index in [9.17, 15) is 14.4 Å². The van der Waals surface area contributed by atoms with Gasteiger partial charge in [-0.1, -0.05) is 19.4 Å². The first-order valence-electron chi connectivity index (χ1n) is 7.82. The summed E-state index contributed by atoms with van der Waals surface area (Å²) < 4.78 is 6.43. The summed E-state index contributed by atoms with van der Waals surface area (Å²) >= 11 is 2.54. The maximum Gasteiger partial charge on any atom is 0.339 e. The number of hydrogen-bond donors (Lipinski definition) is 0. The fourth-order valence-electron chi connectivity index (χ4n) is 2.29. The molecule has 0 aliphatic rings. The van der Waals surface area contributed by atoms with Gasteiger partial charge in [0, 0.05) is 5.38 Å². The molecule has 3 aromatic heterocycles. The van der Waals surface area contributed by atoms with Crippen LogP contribution in [-0.2, 0) is 11.3 Å². The van der Waals surface area contributed by atoms with E-state index in [-0.39, 0.29) is 23.3 Å². The van der Waals surface area contributed by atoms with Crippen molar-refractivity contribution in [3.63, 3.8) is 0 Å². The van der Waals surface area contributed by atoms with E-state index in [0.717, 1.165) is 12.8 Å². The Bertz CT molecular complexity index is 957. The van der Waals surface area contributed by atoms with Crippen molar-refractivity contribution in [2.24, 2.45) is 0 Å². The van der Waals surface area contributed by atoms with Crippen molar-refractivity contribution >= 4 is 44.6 Å². The average Bonchev–Trinajstić information content (AvgIpc) is 3.27. The number of nitrogens with zero attached hydrogens (tertiary/aromatic N) is 2. The fraction of sp³-hybridized carbons (Fsp3) is 0.294. The Morgan fingerprint density at radius 2 is 2.16 bits per heavy atom. The van der Waals surface area contributed by atoms with Crippen molar-refractivity contribution in [2.75, 3.05) is 6.61 Å². The van der Waals surface area contributed by atoms with Crippen molar-refractivity contribution in [3.8, 4) is 0 Å². The number of carbonyl (C=O) groups is 2. The van der Waals surface area contributed by atoms with E-state index in [1.54, 1.807) is 22.9 Å². The van der Waals surface area contributed by atoms with E-state index in [2.05, 4.69) is 4.98 Å². The molecule has 0 aromatic carbocycles. The first-order valence-corrected chi connectivity index (χ1v) is 9.58. The third-order valence-electron chi connectivity index (χ3n) is 3.62. The van der Waals surface area contributed by atoms with Gasteiger partial charge < -0.3 is 4.74 Å². The minimum atomic E-state index is -0.527. The van der Waals surface area contributed by atoms with Crippen molar-refractivity contribution < 1.29 is 14.3 Å². The Morgan fingerprint density at radius 3 is 2.88 bits per heavy atom. The van der Waals surface area contributed by atoms with Crippen LogP contribution in [0.1, 0.15) is 39.8 Å². The molecule has 6 nitrogen and oxygen atoms in total. The Balaban J connectivity index is 1.90. The van der Waals surface area contributed by atoms with Crippen LogP contribution in [0.4, 0.5) is 0 Å². The zero-order valence-corrected chi connectivity index (χ0v) is 15.2. The van der Waals surface area contributed by atoms with Gasteiger partial charge in [-0.2, -0.15) is 0 Å². The van der Waals surface area contributed by atoms with Gasteiger partial charge >= 0.3 is 5.97 Å². The van der Waals surface area contributed by atoms with Gasteiger partial charge in [-0.15, -0.1) is 22.7 Å². The van der Waals surface area contributed by atoms with Gasteiger partial charge in [-0.25, -0.2) is 9.78 Å². The zero-order valence-electron chi connectivity index (χ0n) is 13.6. The van der Waals surface area contributed by atoms with Crippen LogP contribution in [0.3, 0.4) is 0 Å². The standard InChI is InChI=1S/C17H16N2O4S2/c1-2-3-6-23-17(22)11-9-25-15-14(11)16(21)19(10-18-15)8-12(20)13-5-4-7-24-13/h4-5,7,9-10H,2-3,6,8H2,1H3. The minimum Gasteiger partial charge on any atom is -0.462 e. The summed E-state index contributed by atoms with van der Waals surface area (Å²) in [4.78, 5) is 42.4. The first kappa shape index (κ1) is 17.5. The SMILES string of the molecule is CCCCOC(=O)c1csc2ncn(CC(=O)c3cccs3)c(=O)c12. The van der Waals surface area contributed by atoms with Gasteiger partial charge in [0.2, 0.25) is 0 Å². The van der Waals surface area contributed by atoms with Crippen molar-refractivity contribution in [2.45, 2.75) is 26.3 Å². The van der Waals surface area contributed by atoms with E-state index in [1.165, 1.54) is 33.6 Å². The number of unbranched alkanes of at least 4 members (excludes halogenated alkanes) is 1. The molecule has 0 saturated carbocycles. The number of ether oxygens (including phenoxy) is 1. The van der Waals surface area contributed by atoms with Gasteiger partial charge in [0.15, 0.2) is 5.78 Å². The number of aromatic nitrogens is 2. The van der Waals surface area contributed by atoms with E-state index in [4.69, 9.17) is 4.74 Å². The van der Waals surface area contributed by atoms with Crippen LogP contribution in [-0.4, -0.2) is 27.9 Å². The highest BCUT2D eigenvalue weighted by molar-refractivity contribution is 7.17. The molecule has 0 radical (unpaired) electrons. The lowest BCUT2D eigenvalue weighted by molar-refractivity contribution is 0.0502. The molecule has 0 spiro atoms. The summed E-state index contributed by atoms with van der Waals surface area (Å²) in [5.74, 6) is -0.693. The third-order valence-corrected chi connectivity index (χ3v) is 5.42. The lowest BCUT2D eigenvalue weighted by atomic mass is 10.2. The number of rotatable bonds is 7. The summed E-state index contributed by atoms with van der Waals surface area (Å²) in [6.45, 7) is 2.21. The highest BCUT2D eigenvalue weighted by atomic mass is 32.1. The van der Waals surface area contributed by atoms with E-state index in [1.807, 2.05) is 6.92 Å². The summed E-state index contributed by atoms with van der Waals surface area (Å²) in [6, 6.07) is 3.50. The van der Waals surface area contributed by atoms with E-state index >= 15 is 0 Å². The van der Waals surface area contributed by atoms with Crippen LogP contribution in [0.5, 0.6) is 0 Å². The topological polar surface area (TPSA) is 78.3 Å². The molecule has 3 rings (SSSR count). The second-order valence-electron chi connectivity index (χ2n) is 5.40. The molecule has 0 unspecified atom stereocenters. The molecule has 0 saturated heterocycles. The van der Waals surface area contributed by atoms with Crippen molar-refractivity contribution in [3.05, 3.63) is 50.0 Å². The van der Waals surface area contributed by atoms with Crippen molar-refractivity contribution in [1.29, 1.82) is 0 Å². The van der Waals surface area contributed by atoms with Gasteiger partial charge in [-0.05, 0) is 17.9 Å². The largest absolute Gasteiger partial charge is 0.462 e. The molecule has 0 atom stereocenters. The average molecular weight is 376 g/mol.